The molecule has 1 atom stereocenters. The average molecular weight is 311 g/mol. The zero-order valence-corrected chi connectivity index (χ0v) is 12.7. The van der Waals surface area contributed by atoms with Crippen LogP contribution in [-0.4, -0.2) is 25.9 Å². The van der Waals surface area contributed by atoms with Gasteiger partial charge in [-0.1, -0.05) is 6.92 Å². The van der Waals surface area contributed by atoms with E-state index in [1.807, 2.05) is 16.8 Å². The molecule has 0 spiro atoms. The predicted molar refractivity (Wildman–Crippen MR) is 81.9 cm³/mol. The summed E-state index contributed by atoms with van der Waals surface area (Å²) < 4.78 is 23.4. The van der Waals surface area contributed by atoms with E-state index >= 15 is 0 Å². The summed E-state index contributed by atoms with van der Waals surface area (Å²) in [4.78, 5) is 0.321. The van der Waals surface area contributed by atoms with E-state index in [-0.39, 0.29) is 18.4 Å². The molecule has 108 valence electrons. The van der Waals surface area contributed by atoms with Crippen LogP contribution in [0.4, 0.5) is 5.69 Å². The molecular formula is C14H17NO3S2. The second-order valence-corrected chi connectivity index (χ2v) is 7.42. The first kappa shape index (κ1) is 15.0. The Kier molecular flexibility index (Phi) is 4.80. The van der Waals surface area contributed by atoms with E-state index in [9.17, 15) is 13.5 Å². The lowest BCUT2D eigenvalue weighted by molar-refractivity contribution is 0.276. The van der Waals surface area contributed by atoms with Crippen molar-refractivity contribution in [1.82, 2.24) is 0 Å². The van der Waals surface area contributed by atoms with Gasteiger partial charge in [-0.15, -0.1) is 0 Å². The molecule has 1 aromatic heterocycles. The number of nitrogens with one attached hydrogen (secondary N) is 1. The summed E-state index contributed by atoms with van der Waals surface area (Å²) in [7, 11) is -3.17. The predicted octanol–water partition coefficient (Wildman–Crippen LogP) is 2.69. The van der Waals surface area contributed by atoms with Crippen molar-refractivity contribution in [1.29, 1.82) is 0 Å². The lowest BCUT2D eigenvalue weighted by atomic mass is 10.1. The molecule has 2 rings (SSSR count). The standard InChI is InChI=1S/C14H17NO3S2/c1-2-20(17,18)13-5-3-12(4-6-13)15-14(9-16)11-7-8-19-10-11/h3-8,10,14-16H,2,9H2,1H3. The molecule has 0 amide bonds. The molecule has 0 fully saturated rings. The van der Waals surface area contributed by atoms with Crippen LogP contribution in [-0.2, 0) is 9.84 Å². The molecule has 0 aliphatic carbocycles. The summed E-state index contributed by atoms with van der Waals surface area (Å²) in [6.07, 6.45) is 0. The van der Waals surface area contributed by atoms with Gasteiger partial charge in [0, 0.05) is 5.69 Å². The van der Waals surface area contributed by atoms with Gasteiger partial charge in [-0.3, -0.25) is 0 Å². The summed E-state index contributed by atoms with van der Waals surface area (Å²) in [6.45, 7) is 1.60. The first-order valence-electron chi connectivity index (χ1n) is 6.29. The lowest BCUT2D eigenvalue weighted by Gasteiger charge is -2.16. The van der Waals surface area contributed by atoms with Crippen LogP contribution in [0.25, 0.3) is 0 Å². The summed E-state index contributed by atoms with van der Waals surface area (Å²) in [5, 5.41) is 16.5. The monoisotopic (exact) mass is 311 g/mol. The number of aliphatic hydroxyl groups excluding tert-OH is 1. The Morgan fingerprint density at radius 1 is 1.25 bits per heavy atom. The normalized spacial score (nSPS) is 13.1. The van der Waals surface area contributed by atoms with Gasteiger partial charge >= 0.3 is 0 Å². The van der Waals surface area contributed by atoms with Gasteiger partial charge in [0.2, 0.25) is 0 Å². The van der Waals surface area contributed by atoms with Gasteiger partial charge < -0.3 is 10.4 Å². The van der Waals surface area contributed by atoms with E-state index in [0.717, 1.165) is 11.3 Å². The second kappa shape index (κ2) is 6.39. The summed E-state index contributed by atoms with van der Waals surface area (Å²) in [6, 6.07) is 8.38. The Morgan fingerprint density at radius 2 is 1.95 bits per heavy atom. The van der Waals surface area contributed by atoms with E-state index in [0.29, 0.717) is 4.90 Å². The highest BCUT2D eigenvalue weighted by molar-refractivity contribution is 7.91. The highest BCUT2D eigenvalue weighted by Gasteiger charge is 2.13. The van der Waals surface area contributed by atoms with Crippen molar-refractivity contribution in [3.63, 3.8) is 0 Å². The number of rotatable bonds is 6. The Morgan fingerprint density at radius 3 is 2.45 bits per heavy atom. The first-order chi connectivity index (χ1) is 9.56. The third-order valence-corrected chi connectivity index (χ3v) is 5.51. The molecule has 1 unspecified atom stereocenters. The fourth-order valence-electron chi connectivity index (χ4n) is 1.83. The summed E-state index contributed by atoms with van der Waals surface area (Å²) in [5.41, 5.74) is 1.80. The van der Waals surface area contributed by atoms with Crippen molar-refractivity contribution in [2.45, 2.75) is 17.9 Å². The number of sulfone groups is 1. The minimum Gasteiger partial charge on any atom is -0.394 e. The Hall–Kier alpha value is -1.37. The fraction of sp³-hybridized carbons (Fsp3) is 0.286. The molecule has 1 aromatic carbocycles. The van der Waals surface area contributed by atoms with Gasteiger partial charge in [0.1, 0.15) is 0 Å². The van der Waals surface area contributed by atoms with Crippen molar-refractivity contribution in [3.05, 3.63) is 46.7 Å². The third-order valence-electron chi connectivity index (χ3n) is 3.06. The van der Waals surface area contributed by atoms with Crippen molar-refractivity contribution in [3.8, 4) is 0 Å². The molecule has 20 heavy (non-hydrogen) atoms. The minimum absolute atomic E-state index is 0.0221. The molecule has 0 aliphatic rings. The molecule has 2 N–H and O–H groups in total. The molecule has 0 radical (unpaired) electrons. The Balaban J connectivity index is 2.15. The maximum Gasteiger partial charge on any atom is 0.178 e. The van der Waals surface area contributed by atoms with Crippen LogP contribution in [0.15, 0.2) is 46.0 Å². The fourth-order valence-corrected chi connectivity index (χ4v) is 3.43. The number of aliphatic hydroxyl groups is 1. The second-order valence-electron chi connectivity index (χ2n) is 4.36. The molecule has 6 heteroatoms. The van der Waals surface area contributed by atoms with Gasteiger partial charge in [0.15, 0.2) is 9.84 Å². The summed E-state index contributed by atoms with van der Waals surface area (Å²) in [5.74, 6) is 0.0912. The molecular weight excluding hydrogens is 294 g/mol. The number of hydrogen-bond donors (Lipinski definition) is 2. The van der Waals surface area contributed by atoms with E-state index in [4.69, 9.17) is 0 Å². The van der Waals surface area contributed by atoms with Crippen LogP contribution < -0.4 is 5.32 Å². The minimum atomic E-state index is -3.17. The molecule has 4 nitrogen and oxygen atoms in total. The molecule has 0 bridgehead atoms. The Bertz CT molecular complexity index is 634. The number of benzene rings is 1. The van der Waals surface area contributed by atoms with Crippen molar-refractivity contribution in [2.24, 2.45) is 0 Å². The van der Waals surface area contributed by atoms with Crippen LogP contribution in [0.5, 0.6) is 0 Å². The number of anilines is 1. The molecule has 1 heterocycles. The van der Waals surface area contributed by atoms with Crippen molar-refractivity contribution in [2.75, 3.05) is 17.7 Å². The maximum absolute atomic E-state index is 11.7. The number of thiophene rings is 1. The van der Waals surface area contributed by atoms with Gasteiger partial charge in [-0.25, -0.2) is 8.42 Å². The quantitative estimate of drug-likeness (QED) is 0.861. The molecule has 0 aliphatic heterocycles. The van der Waals surface area contributed by atoms with Gasteiger partial charge in [-0.05, 0) is 46.7 Å². The van der Waals surface area contributed by atoms with Crippen LogP contribution in [0.1, 0.15) is 18.5 Å². The van der Waals surface area contributed by atoms with Gasteiger partial charge in [0.25, 0.3) is 0 Å². The largest absolute Gasteiger partial charge is 0.394 e. The van der Waals surface area contributed by atoms with Crippen LogP contribution in [0.3, 0.4) is 0 Å². The van der Waals surface area contributed by atoms with Gasteiger partial charge in [-0.2, -0.15) is 11.3 Å². The smallest absolute Gasteiger partial charge is 0.178 e. The highest BCUT2D eigenvalue weighted by atomic mass is 32.2. The van der Waals surface area contributed by atoms with E-state index < -0.39 is 9.84 Å². The van der Waals surface area contributed by atoms with E-state index in [1.54, 1.807) is 42.5 Å². The Labute approximate surface area is 123 Å². The van der Waals surface area contributed by atoms with Crippen molar-refractivity contribution < 1.29 is 13.5 Å². The SMILES string of the molecule is CCS(=O)(=O)c1ccc(NC(CO)c2ccsc2)cc1. The van der Waals surface area contributed by atoms with Crippen LogP contribution in [0, 0.1) is 0 Å². The zero-order valence-electron chi connectivity index (χ0n) is 11.1. The first-order valence-corrected chi connectivity index (χ1v) is 8.88. The maximum atomic E-state index is 11.7. The molecule has 0 saturated heterocycles. The molecule has 0 saturated carbocycles. The van der Waals surface area contributed by atoms with Crippen molar-refractivity contribution >= 4 is 26.9 Å². The van der Waals surface area contributed by atoms with E-state index in [1.165, 1.54) is 0 Å². The average Bonchev–Trinajstić information content (AvgIpc) is 2.99. The topological polar surface area (TPSA) is 66.4 Å². The number of hydrogen-bond acceptors (Lipinski definition) is 5. The van der Waals surface area contributed by atoms with Gasteiger partial charge in [0.05, 0.1) is 23.3 Å². The summed E-state index contributed by atoms with van der Waals surface area (Å²) >= 11 is 1.57. The highest BCUT2D eigenvalue weighted by Crippen LogP contribution is 2.22. The molecule has 2 aromatic rings. The zero-order chi connectivity index (χ0) is 14.6. The van der Waals surface area contributed by atoms with E-state index in [2.05, 4.69) is 5.32 Å². The lowest BCUT2D eigenvalue weighted by Crippen LogP contribution is -2.14. The van der Waals surface area contributed by atoms with Crippen LogP contribution in [0.2, 0.25) is 0 Å². The van der Waals surface area contributed by atoms with Crippen LogP contribution >= 0.6 is 11.3 Å². The third kappa shape index (κ3) is 3.39.